The van der Waals surface area contributed by atoms with Crippen LogP contribution in [0.4, 0.5) is 0 Å². The highest BCUT2D eigenvalue weighted by Gasteiger charge is 1.96. The Bertz CT molecular complexity index is 282. The zero-order valence-electron chi connectivity index (χ0n) is 10.1. The van der Waals surface area contributed by atoms with Crippen molar-refractivity contribution in [3.8, 4) is 5.75 Å². The topological polar surface area (TPSA) is 41.5 Å². The van der Waals surface area contributed by atoms with Crippen LogP contribution >= 0.6 is 0 Å². The number of benzene rings is 1. The van der Waals surface area contributed by atoms with Crippen molar-refractivity contribution in [2.75, 3.05) is 13.7 Å². The summed E-state index contributed by atoms with van der Waals surface area (Å²) in [5, 5.41) is 12.4. The quantitative estimate of drug-likeness (QED) is 0.694. The van der Waals surface area contributed by atoms with Crippen molar-refractivity contribution in [3.63, 3.8) is 0 Å². The van der Waals surface area contributed by atoms with Crippen molar-refractivity contribution in [1.82, 2.24) is 5.32 Å². The summed E-state index contributed by atoms with van der Waals surface area (Å²) in [7, 11) is 1.67. The molecule has 1 unspecified atom stereocenters. The maximum atomic E-state index is 9.08. The van der Waals surface area contributed by atoms with Crippen LogP contribution in [0.25, 0.3) is 0 Å². The number of aliphatic hydroxyl groups excluding tert-OH is 1. The summed E-state index contributed by atoms with van der Waals surface area (Å²) in [4.78, 5) is 0. The highest BCUT2D eigenvalue weighted by Crippen LogP contribution is 2.10. The van der Waals surface area contributed by atoms with Gasteiger partial charge in [-0.3, -0.25) is 0 Å². The van der Waals surface area contributed by atoms with Crippen LogP contribution in [0, 0.1) is 0 Å². The Hall–Kier alpha value is -1.06. The molecule has 1 aromatic carbocycles. The predicted molar refractivity (Wildman–Crippen MR) is 65.6 cm³/mol. The number of aliphatic hydroxyl groups is 1. The Morgan fingerprint density at radius 1 is 1.31 bits per heavy atom. The second-order valence-electron chi connectivity index (χ2n) is 4.02. The summed E-state index contributed by atoms with van der Waals surface area (Å²) in [6, 6.07) is 8.04. The monoisotopic (exact) mass is 223 g/mol. The van der Waals surface area contributed by atoms with Crippen molar-refractivity contribution in [1.29, 1.82) is 0 Å². The third-order valence-corrected chi connectivity index (χ3v) is 2.46. The van der Waals surface area contributed by atoms with Crippen LogP contribution in [-0.4, -0.2) is 24.9 Å². The van der Waals surface area contributed by atoms with Gasteiger partial charge < -0.3 is 15.2 Å². The van der Waals surface area contributed by atoms with E-state index in [0.29, 0.717) is 0 Å². The standard InChI is InChI=1S/C13H21NO2/c1-11(15)4-3-9-14-10-12-5-7-13(16-2)8-6-12/h5-8,11,14-15H,3-4,9-10H2,1-2H3. The molecular weight excluding hydrogens is 202 g/mol. The smallest absolute Gasteiger partial charge is 0.118 e. The molecule has 90 valence electrons. The molecule has 1 atom stereocenters. The molecule has 0 heterocycles. The second-order valence-corrected chi connectivity index (χ2v) is 4.02. The number of ether oxygens (including phenoxy) is 1. The van der Waals surface area contributed by atoms with Crippen LogP contribution < -0.4 is 10.1 Å². The molecule has 16 heavy (non-hydrogen) atoms. The normalized spacial score (nSPS) is 12.4. The highest BCUT2D eigenvalue weighted by atomic mass is 16.5. The summed E-state index contributed by atoms with van der Waals surface area (Å²) in [6.07, 6.45) is 1.67. The van der Waals surface area contributed by atoms with E-state index in [9.17, 15) is 0 Å². The van der Waals surface area contributed by atoms with Gasteiger partial charge in [0.1, 0.15) is 5.75 Å². The van der Waals surface area contributed by atoms with Gasteiger partial charge in [0, 0.05) is 6.54 Å². The first-order chi connectivity index (χ1) is 7.72. The lowest BCUT2D eigenvalue weighted by molar-refractivity contribution is 0.181. The highest BCUT2D eigenvalue weighted by molar-refractivity contribution is 5.26. The summed E-state index contributed by atoms with van der Waals surface area (Å²) in [5.74, 6) is 0.887. The van der Waals surface area contributed by atoms with Crippen molar-refractivity contribution in [2.24, 2.45) is 0 Å². The van der Waals surface area contributed by atoms with Gasteiger partial charge in [-0.1, -0.05) is 12.1 Å². The molecule has 0 aromatic heterocycles. The second kappa shape index (κ2) is 7.25. The van der Waals surface area contributed by atoms with Crippen molar-refractivity contribution in [3.05, 3.63) is 29.8 Å². The lowest BCUT2D eigenvalue weighted by Gasteiger charge is -2.07. The molecule has 0 aliphatic rings. The van der Waals surface area contributed by atoms with Crippen LogP contribution in [0.3, 0.4) is 0 Å². The van der Waals surface area contributed by atoms with Crippen LogP contribution in [0.15, 0.2) is 24.3 Å². The number of hydrogen-bond donors (Lipinski definition) is 2. The molecule has 0 radical (unpaired) electrons. The molecule has 3 heteroatoms. The third-order valence-electron chi connectivity index (χ3n) is 2.46. The fourth-order valence-corrected chi connectivity index (χ4v) is 1.50. The Balaban J connectivity index is 2.16. The van der Waals surface area contributed by atoms with Gasteiger partial charge in [0.05, 0.1) is 13.2 Å². The average molecular weight is 223 g/mol. The molecule has 0 saturated heterocycles. The molecule has 0 bridgehead atoms. The van der Waals surface area contributed by atoms with E-state index in [1.807, 2.05) is 19.1 Å². The Kier molecular flexibility index (Phi) is 5.90. The minimum absolute atomic E-state index is 0.192. The van der Waals surface area contributed by atoms with E-state index in [1.165, 1.54) is 5.56 Å². The van der Waals surface area contributed by atoms with Gasteiger partial charge in [0.25, 0.3) is 0 Å². The SMILES string of the molecule is COc1ccc(CNCCCC(C)O)cc1. The average Bonchev–Trinajstić information content (AvgIpc) is 2.29. The Morgan fingerprint density at radius 2 is 2.00 bits per heavy atom. The molecule has 0 aliphatic carbocycles. The van der Waals surface area contributed by atoms with E-state index in [2.05, 4.69) is 17.4 Å². The zero-order valence-corrected chi connectivity index (χ0v) is 10.1. The van der Waals surface area contributed by atoms with Gasteiger partial charge in [-0.05, 0) is 44.0 Å². The van der Waals surface area contributed by atoms with E-state index >= 15 is 0 Å². The fraction of sp³-hybridized carbons (Fsp3) is 0.538. The van der Waals surface area contributed by atoms with Gasteiger partial charge in [0.15, 0.2) is 0 Å². The molecule has 3 nitrogen and oxygen atoms in total. The Morgan fingerprint density at radius 3 is 2.56 bits per heavy atom. The fourth-order valence-electron chi connectivity index (χ4n) is 1.50. The lowest BCUT2D eigenvalue weighted by atomic mass is 10.2. The summed E-state index contributed by atoms with van der Waals surface area (Å²) >= 11 is 0. The maximum absolute atomic E-state index is 9.08. The van der Waals surface area contributed by atoms with Crippen LogP contribution in [0.2, 0.25) is 0 Å². The molecule has 0 fully saturated rings. The van der Waals surface area contributed by atoms with Gasteiger partial charge in [0.2, 0.25) is 0 Å². The zero-order chi connectivity index (χ0) is 11.8. The molecular formula is C13H21NO2. The Labute approximate surface area is 97.4 Å². The van der Waals surface area contributed by atoms with Crippen LogP contribution in [-0.2, 0) is 6.54 Å². The number of methoxy groups -OCH3 is 1. The van der Waals surface area contributed by atoms with E-state index in [4.69, 9.17) is 9.84 Å². The molecule has 0 saturated carbocycles. The molecule has 1 rings (SSSR count). The van der Waals surface area contributed by atoms with Gasteiger partial charge >= 0.3 is 0 Å². The van der Waals surface area contributed by atoms with Crippen LogP contribution in [0.5, 0.6) is 5.75 Å². The molecule has 0 spiro atoms. The van der Waals surface area contributed by atoms with Crippen LogP contribution in [0.1, 0.15) is 25.3 Å². The van der Waals surface area contributed by atoms with E-state index < -0.39 is 0 Å². The van der Waals surface area contributed by atoms with Crippen molar-refractivity contribution in [2.45, 2.75) is 32.4 Å². The minimum atomic E-state index is -0.192. The number of nitrogens with one attached hydrogen (secondary N) is 1. The predicted octanol–water partition coefficient (Wildman–Crippen LogP) is 1.95. The van der Waals surface area contributed by atoms with E-state index in [-0.39, 0.29) is 6.10 Å². The van der Waals surface area contributed by atoms with E-state index in [1.54, 1.807) is 7.11 Å². The van der Waals surface area contributed by atoms with Crippen molar-refractivity contribution >= 4 is 0 Å². The summed E-state index contributed by atoms with van der Waals surface area (Å²) < 4.78 is 5.09. The molecule has 0 amide bonds. The van der Waals surface area contributed by atoms with Gasteiger partial charge in [-0.15, -0.1) is 0 Å². The van der Waals surface area contributed by atoms with Gasteiger partial charge in [-0.25, -0.2) is 0 Å². The van der Waals surface area contributed by atoms with Gasteiger partial charge in [-0.2, -0.15) is 0 Å². The first kappa shape index (κ1) is 13.0. The molecule has 2 N–H and O–H groups in total. The largest absolute Gasteiger partial charge is 0.497 e. The number of hydrogen-bond acceptors (Lipinski definition) is 3. The third kappa shape index (κ3) is 5.14. The first-order valence-corrected chi connectivity index (χ1v) is 5.74. The minimum Gasteiger partial charge on any atom is -0.497 e. The van der Waals surface area contributed by atoms with E-state index in [0.717, 1.165) is 31.7 Å². The summed E-state index contributed by atoms with van der Waals surface area (Å²) in [6.45, 7) is 3.63. The van der Waals surface area contributed by atoms with Crippen molar-refractivity contribution < 1.29 is 9.84 Å². The molecule has 0 aliphatic heterocycles. The summed E-state index contributed by atoms with van der Waals surface area (Å²) in [5.41, 5.74) is 1.25. The first-order valence-electron chi connectivity index (χ1n) is 5.74. The lowest BCUT2D eigenvalue weighted by Crippen LogP contribution is -2.16. The molecule has 1 aromatic rings. The number of rotatable bonds is 7. The maximum Gasteiger partial charge on any atom is 0.118 e.